The normalized spacial score (nSPS) is 10.6. The summed E-state index contributed by atoms with van der Waals surface area (Å²) in [7, 11) is 0. The molecule has 0 bridgehead atoms. The lowest BCUT2D eigenvalue weighted by molar-refractivity contribution is 0.150. The van der Waals surface area contributed by atoms with Gasteiger partial charge in [0, 0.05) is 25.4 Å². The third kappa shape index (κ3) is 5.21. The van der Waals surface area contributed by atoms with Crippen molar-refractivity contribution in [3.05, 3.63) is 6.33 Å². The van der Waals surface area contributed by atoms with E-state index in [-0.39, 0.29) is 0 Å². The van der Waals surface area contributed by atoms with Crippen LogP contribution in [0.15, 0.2) is 11.5 Å². The molecular weight excluding hydrogens is 200 g/mol. The third-order valence-corrected chi connectivity index (χ3v) is 2.42. The minimum Gasteiger partial charge on any atom is -0.380 e. The van der Waals surface area contributed by atoms with E-state index in [1.807, 2.05) is 6.92 Å². The van der Waals surface area contributed by atoms with Gasteiger partial charge in [-0.2, -0.15) is 5.10 Å². The lowest BCUT2D eigenvalue weighted by Gasteiger charge is -2.03. The molecule has 0 saturated heterocycles. The van der Waals surface area contributed by atoms with Crippen molar-refractivity contribution in [1.82, 2.24) is 20.5 Å². The fraction of sp³-hybridized carbons (Fsp3) is 0.750. The van der Waals surface area contributed by atoms with Gasteiger partial charge in [0.15, 0.2) is 5.16 Å². The second kappa shape index (κ2) is 7.78. The first kappa shape index (κ1) is 11.5. The Kier molecular flexibility index (Phi) is 6.38. The van der Waals surface area contributed by atoms with Crippen LogP contribution in [-0.4, -0.2) is 47.2 Å². The van der Waals surface area contributed by atoms with Gasteiger partial charge >= 0.3 is 0 Å². The van der Waals surface area contributed by atoms with Crippen LogP contribution in [0.25, 0.3) is 0 Å². The Labute approximate surface area is 88.0 Å². The standard InChI is InChI=1S/C8H16N4OS/c1-2-13-5-3-9-4-6-14-8-10-7-11-12-8/h7,9H,2-6H2,1H3,(H,10,11,12). The zero-order chi connectivity index (χ0) is 10.1. The maximum Gasteiger partial charge on any atom is 0.183 e. The quantitative estimate of drug-likeness (QED) is 0.490. The molecule has 14 heavy (non-hydrogen) atoms. The average molecular weight is 216 g/mol. The van der Waals surface area contributed by atoms with E-state index >= 15 is 0 Å². The van der Waals surface area contributed by atoms with E-state index in [1.165, 1.54) is 6.33 Å². The van der Waals surface area contributed by atoms with E-state index in [9.17, 15) is 0 Å². The van der Waals surface area contributed by atoms with E-state index in [4.69, 9.17) is 4.74 Å². The Bertz CT molecular complexity index is 217. The van der Waals surface area contributed by atoms with Crippen LogP contribution in [0.1, 0.15) is 6.92 Å². The summed E-state index contributed by atoms with van der Waals surface area (Å²) in [4.78, 5) is 4.01. The van der Waals surface area contributed by atoms with Crippen molar-refractivity contribution in [2.45, 2.75) is 12.1 Å². The molecule has 0 amide bonds. The van der Waals surface area contributed by atoms with Crippen LogP contribution in [0, 0.1) is 0 Å². The molecule has 0 spiro atoms. The van der Waals surface area contributed by atoms with Crippen molar-refractivity contribution < 1.29 is 4.74 Å². The summed E-state index contributed by atoms with van der Waals surface area (Å²) in [6.45, 7) is 5.43. The van der Waals surface area contributed by atoms with E-state index in [0.29, 0.717) is 0 Å². The Hall–Kier alpha value is -0.590. The third-order valence-electron chi connectivity index (χ3n) is 1.54. The predicted octanol–water partition coefficient (Wildman–Crippen LogP) is 0.523. The predicted molar refractivity (Wildman–Crippen MR) is 56.5 cm³/mol. The lowest BCUT2D eigenvalue weighted by Crippen LogP contribution is -2.22. The van der Waals surface area contributed by atoms with Crippen molar-refractivity contribution in [3.63, 3.8) is 0 Å². The number of hydrogen-bond acceptors (Lipinski definition) is 5. The Morgan fingerprint density at radius 3 is 3.21 bits per heavy atom. The van der Waals surface area contributed by atoms with Crippen LogP contribution in [0.4, 0.5) is 0 Å². The van der Waals surface area contributed by atoms with Crippen molar-refractivity contribution in [1.29, 1.82) is 0 Å². The molecule has 1 rings (SSSR count). The fourth-order valence-corrected chi connectivity index (χ4v) is 1.58. The molecule has 1 aromatic heterocycles. The highest BCUT2D eigenvalue weighted by Gasteiger charge is 1.95. The molecule has 0 aliphatic carbocycles. The van der Waals surface area contributed by atoms with Crippen LogP contribution in [0.3, 0.4) is 0 Å². The van der Waals surface area contributed by atoms with E-state index in [1.54, 1.807) is 11.8 Å². The first-order chi connectivity index (χ1) is 6.93. The number of hydrogen-bond donors (Lipinski definition) is 2. The molecule has 0 aliphatic rings. The van der Waals surface area contributed by atoms with Gasteiger partial charge in [-0.3, -0.25) is 5.10 Å². The first-order valence-electron chi connectivity index (χ1n) is 4.70. The second-order valence-electron chi connectivity index (χ2n) is 2.59. The molecule has 80 valence electrons. The molecule has 0 saturated carbocycles. The number of nitrogens with zero attached hydrogens (tertiary/aromatic N) is 2. The minimum absolute atomic E-state index is 0.781. The summed E-state index contributed by atoms with van der Waals surface area (Å²) in [6.07, 6.45) is 1.52. The molecule has 1 aromatic rings. The molecule has 5 nitrogen and oxygen atoms in total. The molecular formula is C8H16N4OS. The van der Waals surface area contributed by atoms with E-state index in [2.05, 4.69) is 20.5 Å². The Morgan fingerprint density at radius 1 is 1.57 bits per heavy atom. The van der Waals surface area contributed by atoms with Crippen molar-refractivity contribution >= 4 is 11.8 Å². The molecule has 2 N–H and O–H groups in total. The number of rotatable bonds is 8. The summed E-state index contributed by atoms with van der Waals surface area (Å²) >= 11 is 1.66. The van der Waals surface area contributed by atoms with Crippen LogP contribution in [-0.2, 0) is 4.74 Å². The van der Waals surface area contributed by atoms with Crippen LogP contribution >= 0.6 is 11.8 Å². The molecule has 0 unspecified atom stereocenters. The summed E-state index contributed by atoms with van der Waals surface area (Å²) < 4.78 is 5.19. The summed E-state index contributed by atoms with van der Waals surface area (Å²) in [6, 6.07) is 0. The maximum atomic E-state index is 5.19. The highest BCUT2D eigenvalue weighted by atomic mass is 32.2. The summed E-state index contributed by atoms with van der Waals surface area (Å²) in [5, 5.41) is 10.7. The summed E-state index contributed by atoms with van der Waals surface area (Å²) in [5.41, 5.74) is 0. The molecule has 0 radical (unpaired) electrons. The van der Waals surface area contributed by atoms with Crippen LogP contribution in [0.2, 0.25) is 0 Å². The maximum absolute atomic E-state index is 5.19. The van der Waals surface area contributed by atoms with Crippen molar-refractivity contribution in [3.8, 4) is 0 Å². The smallest absolute Gasteiger partial charge is 0.183 e. The fourth-order valence-electron chi connectivity index (χ4n) is 0.897. The number of H-pyrrole nitrogens is 1. The monoisotopic (exact) mass is 216 g/mol. The molecule has 0 aliphatic heterocycles. The molecule has 6 heteroatoms. The average Bonchev–Trinajstić information content (AvgIpc) is 2.69. The summed E-state index contributed by atoms with van der Waals surface area (Å²) in [5.74, 6) is 0.987. The van der Waals surface area contributed by atoms with Gasteiger partial charge in [-0.1, -0.05) is 11.8 Å². The van der Waals surface area contributed by atoms with E-state index < -0.39 is 0 Å². The Balaban J connectivity index is 1.85. The van der Waals surface area contributed by atoms with Crippen molar-refractivity contribution in [2.75, 3.05) is 32.1 Å². The van der Waals surface area contributed by atoms with Gasteiger partial charge in [-0.25, -0.2) is 4.98 Å². The first-order valence-corrected chi connectivity index (χ1v) is 5.68. The van der Waals surface area contributed by atoms with Crippen LogP contribution in [0.5, 0.6) is 0 Å². The molecule has 0 atom stereocenters. The topological polar surface area (TPSA) is 62.8 Å². The zero-order valence-corrected chi connectivity index (χ0v) is 9.14. The van der Waals surface area contributed by atoms with Crippen molar-refractivity contribution in [2.24, 2.45) is 0 Å². The largest absolute Gasteiger partial charge is 0.380 e. The lowest BCUT2D eigenvalue weighted by atomic mass is 10.6. The molecule has 0 aromatic carbocycles. The van der Waals surface area contributed by atoms with Gasteiger partial charge in [0.2, 0.25) is 0 Å². The van der Waals surface area contributed by atoms with Crippen LogP contribution < -0.4 is 5.32 Å². The van der Waals surface area contributed by atoms with E-state index in [0.717, 1.165) is 37.2 Å². The SMILES string of the molecule is CCOCCNCCSc1ncn[nH]1. The highest BCUT2D eigenvalue weighted by Crippen LogP contribution is 2.08. The highest BCUT2D eigenvalue weighted by molar-refractivity contribution is 7.99. The number of aromatic amines is 1. The van der Waals surface area contributed by atoms with Gasteiger partial charge in [0.25, 0.3) is 0 Å². The van der Waals surface area contributed by atoms with Gasteiger partial charge in [0.05, 0.1) is 6.61 Å². The Morgan fingerprint density at radius 2 is 2.50 bits per heavy atom. The number of thioether (sulfide) groups is 1. The number of aromatic nitrogens is 3. The van der Waals surface area contributed by atoms with Gasteiger partial charge in [-0.05, 0) is 6.92 Å². The molecule has 0 fully saturated rings. The van der Waals surface area contributed by atoms with Gasteiger partial charge in [-0.15, -0.1) is 0 Å². The second-order valence-corrected chi connectivity index (χ2v) is 3.67. The van der Waals surface area contributed by atoms with Gasteiger partial charge < -0.3 is 10.1 Å². The minimum atomic E-state index is 0.781. The number of nitrogens with one attached hydrogen (secondary N) is 2. The molecule has 1 heterocycles. The zero-order valence-electron chi connectivity index (χ0n) is 8.32. The van der Waals surface area contributed by atoms with Gasteiger partial charge in [0.1, 0.15) is 6.33 Å². The number of ether oxygens (including phenoxy) is 1.